The predicted molar refractivity (Wildman–Crippen MR) is 109 cm³/mol. The smallest absolute Gasteiger partial charge is 0.258 e. The molecule has 1 aliphatic heterocycles. The number of hydrazine groups is 1. The van der Waals surface area contributed by atoms with Crippen LogP contribution in [0.2, 0.25) is 0 Å². The zero-order valence-electron chi connectivity index (χ0n) is 14.9. The fourth-order valence-corrected chi connectivity index (χ4v) is 3.83. The SMILES string of the molecule is COc1ccc2c(c1)CCC/C2=N\NC(=S)/N=C1/SCC(=O)N1NC(C)=O. The number of rotatable bonds is 3. The van der Waals surface area contributed by atoms with Crippen molar-refractivity contribution in [3.8, 4) is 5.75 Å². The maximum absolute atomic E-state index is 11.8. The lowest BCUT2D eigenvalue weighted by Crippen LogP contribution is -2.45. The summed E-state index contributed by atoms with van der Waals surface area (Å²) in [5, 5.41) is 5.95. The molecule has 1 heterocycles. The van der Waals surface area contributed by atoms with Crippen molar-refractivity contribution < 1.29 is 14.3 Å². The molecule has 1 aliphatic carbocycles. The maximum Gasteiger partial charge on any atom is 0.258 e. The Balaban J connectivity index is 1.72. The van der Waals surface area contributed by atoms with Gasteiger partial charge in [0.2, 0.25) is 11.0 Å². The fraction of sp³-hybridized carbons (Fsp3) is 0.353. The Morgan fingerprint density at radius 3 is 2.93 bits per heavy atom. The first-order chi connectivity index (χ1) is 13.0. The third-order valence-electron chi connectivity index (χ3n) is 4.00. The molecule has 0 atom stereocenters. The maximum atomic E-state index is 11.8. The van der Waals surface area contributed by atoms with E-state index >= 15 is 0 Å². The second-order valence-corrected chi connectivity index (χ2v) is 7.26. The number of ether oxygens (including phenoxy) is 1. The van der Waals surface area contributed by atoms with Gasteiger partial charge in [0.25, 0.3) is 5.91 Å². The van der Waals surface area contributed by atoms with Crippen LogP contribution in [0.3, 0.4) is 0 Å². The van der Waals surface area contributed by atoms with Crippen molar-refractivity contribution in [2.24, 2.45) is 10.1 Å². The van der Waals surface area contributed by atoms with Crippen LogP contribution in [0.5, 0.6) is 5.75 Å². The highest BCUT2D eigenvalue weighted by molar-refractivity contribution is 8.15. The lowest BCUT2D eigenvalue weighted by Gasteiger charge is -2.18. The second-order valence-electron chi connectivity index (χ2n) is 5.93. The number of aliphatic imine (C=N–C) groups is 1. The van der Waals surface area contributed by atoms with E-state index < -0.39 is 0 Å². The van der Waals surface area contributed by atoms with Gasteiger partial charge in [-0.1, -0.05) is 11.8 Å². The molecule has 10 heteroatoms. The van der Waals surface area contributed by atoms with E-state index in [0.29, 0.717) is 5.17 Å². The molecular weight excluding hydrogens is 386 g/mol. The molecular formula is C17H19N5O3S2. The molecule has 0 saturated carbocycles. The topological polar surface area (TPSA) is 95.4 Å². The molecule has 27 heavy (non-hydrogen) atoms. The van der Waals surface area contributed by atoms with Crippen LogP contribution < -0.4 is 15.6 Å². The van der Waals surface area contributed by atoms with Crippen molar-refractivity contribution in [3.63, 3.8) is 0 Å². The number of amides is 2. The van der Waals surface area contributed by atoms with Gasteiger partial charge in [0, 0.05) is 12.5 Å². The molecule has 0 aromatic heterocycles. The number of methoxy groups -OCH3 is 1. The predicted octanol–water partition coefficient (Wildman–Crippen LogP) is 1.59. The highest BCUT2D eigenvalue weighted by Crippen LogP contribution is 2.25. The number of carbonyl (C=O) groups is 2. The summed E-state index contributed by atoms with van der Waals surface area (Å²) in [4.78, 5) is 27.2. The Morgan fingerprint density at radius 2 is 2.19 bits per heavy atom. The molecule has 1 fully saturated rings. The fourth-order valence-electron chi connectivity index (χ4n) is 2.82. The van der Waals surface area contributed by atoms with Crippen LogP contribution in [0.4, 0.5) is 0 Å². The molecule has 0 unspecified atom stereocenters. The third kappa shape index (κ3) is 4.64. The van der Waals surface area contributed by atoms with Crippen molar-refractivity contribution in [1.82, 2.24) is 15.9 Å². The lowest BCUT2D eigenvalue weighted by molar-refractivity contribution is -0.133. The van der Waals surface area contributed by atoms with E-state index in [2.05, 4.69) is 20.9 Å². The molecule has 0 bridgehead atoms. The van der Waals surface area contributed by atoms with E-state index in [-0.39, 0.29) is 22.7 Å². The van der Waals surface area contributed by atoms with E-state index in [1.165, 1.54) is 24.2 Å². The monoisotopic (exact) mass is 405 g/mol. The summed E-state index contributed by atoms with van der Waals surface area (Å²) >= 11 is 6.42. The van der Waals surface area contributed by atoms with Crippen molar-refractivity contribution in [1.29, 1.82) is 0 Å². The van der Waals surface area contributed by atoms with E-state index in [4.69, 9.17) is 17.0 Å². The van der Waals surface area contributed by atoms with Gasteiger partial charge in [0.05, 0.1) is 18.6 Å². The van der Waals surface area contributed by atoms with Gasteiger partial charge in [-0.15, -0.1) is 0 Å². The average Bonchev–Trinajstić information content (AvgIpc) is 2.98. The number of nitrogens with one attached hydrogen (secondary N) is 2. The third-order valence-corrected chi connectivity index (χ3v) is 5.11. The Kier molecular flexibility index (Phi) is 6.07. The van der Waals surface area contributed by atoms with Gasteiger partial charge in [-0.25, -0.2) is 0 Å². The van der Waals surface area contributed by atoms with Crippen molar-refractivity contribution in [3.05, 3.63) is 29.3 Å². The van der Waals surface area contributed by atoms with Gasteiger partial charge >= 0.3 is 0 Å². The molecule has 3 rings (SSSR count). The number of aryl methyl sites for hydroxylation is 1. The van der Waals surface area contributed by atoms with Gasteiger partial charge in [0.15, 0.2) is 5.17 Å². The highest BCUT2D eigenvalue weighted by atomic mass is 32.2. The molecule has 2 aliphatic rings. The van der Waals surface area contributed by atoms with Crippen LogP contribution in [-0.4, -0.2) is 45.7 Å². The summed E-state index contributed by atoms with van der Waals surface area (Å²) in [7, 11) is 1.65. The summed E-state index contributed by atoms with van der Waals surface area (Å²) in [5.74, 6) is 0.418. The zero-order valence-corrected chi connectivity index (χ0v) is 16.6. The van der Waals surface area contributed by atoms with Gasteiger partial charge in [-0.05, 0) is 55.2 Å². The second kappa shape index (κ2) is 8.49. The minimum absolute atomic E-state index is 0.121. The number of fused-ring (bicyclic) bond motifs is 1. The van der Waals surface area contributed by atoms with Crippen LogP contribution in [0, 0.1) is 0 Å². The number of benzene rings is 1. The molecule has 1 saturated heterocycles. The van der Waals surface area contributed by atoms with Crippen LogP contribution in [0.15, 0.2) is 28.3 Å². The van der Waals surface area contributed by atoms with Crippen molar-refractivity contribution >= 4 is 51.8 Å². The number of hydrogen-bond donors (Lipinski definition) is 2. The molecule has 142 valence electrons. The molecule has 0 radical (unpaired) electrons. The average molecular weight is 406 g/mol. The molecule has 8 nitrogen and oxygen atoms in total. The number of thioether (sulfide) groups is 1. The normalized spacial score (nSPS) is 19.2. The zero-order chi connectivity index (χ0) is 19.4. The quantitative estimate of drug-likeness (QED) is 0.586. The lowest BCUT2D eigenvalue weighted by atomic mass is 9.90. The van der Waals surface area contributed by atoms with E-state index in [1.807, 2.05) is 18.2 Å². The van der Waals surface area contributed by atoms with E-state index in [1.54, 1.807) is 7.11 Å². The molecule has 1 aromatic carbocycles. The van der Waals surface area contributed by atoms with Crippen LogP contribution in [0.25, 0.3) is 0 Å². The van der Waals surface area contributed by atoms with Crippen molar-refractivity contribution in [2.75, 3.05) is 12.9 Å². The minimum Gasteiger partial charge on any atom is -0.497 e. The summed E-state index contributed by atoms with van der Waals surface area (Å²) in [6.45, 7) is 1.33. The Morgan fingerprint density at radius 1 is 1.37 bits per heavy atom. The van der Waals surface area contributed by atoms with Gasteiger partial charge in [0.1, 0.15) is 5.75 Å². The standard InChI is InChI=1S/C17H19N5O3S2/c1-10(23)21-22-15(24)9-27-17(22)18-16(26)20-19-14-5-3-4-11-8-12(25-2)6-7-13(11)14/h6-8H,3-5,9H2,1-2H3,(H,20,26)(H,21,23)/b18-17+,19-14+. The molecule has 0 spiro atoms. The van der Waals surface area contributed by atoms with Crippen LogP contribution in [-0.2, 0) is 16.0 Å². The Bertz CT molecular complexity index is 853. The van der Waals surface area contributed by atoms with E-state index in [9.17, 15) is 9.59 Å². The first-order valence-electron chi connectivity index (χ1n) is 8.33. The van der Waals surface area contributed by atoms with Crippen molar-refractivity contribution in [2.45, 2.75) is 26.2 Å². The number of hydrogen-bond acceptors (Lipinski definition) is 6. The van der Waals surface area contributed by atoms with E-state index in [0.717, 1.165) is 41.3 Å². The summed E-state index contributed by atoms with van der Waals surface area (Å²) in [6.07, 6.45) is 2.79. The Labute approximate surface area is 166 Å². The number of nitrogens with zero attached hydrogens (tertiary/aromatic N) is 3. The first kappa shape index (κ1) is 19.3. The summed E-state index contributed by atoms with van der Waals surface area (Å²) < 4.78 is 5.28. The summed E-state index contributed by atoms with van der Waals surface area (Å²) in [5.41, 5.74) is 8.36. The Hall–Kier alpha value is -2.46. The van der Waals surface area contributed by atoms with Gasteiger partial charge in [-0.3, -0.25) is 20.4 Å². The number of hydrazone groups is 1. The first-order valence-corrected chi connectivity index (χ1v) is 9.73. The van der Waals surface area contributed by atoms with Gasteiger partial charge < -0.3 is 4.74 Å². The van der Waals surface area contributed by atoms with Gasteiger partial charge in [-0.2, -0.15) is 15.1 Å². The minimum atomic E-state index is -0.355. The highest BCUT2D eigenvalue weighted by Gasteiger charge is 2.29. The molecule has 2 N–H and O–H groups in total. The molecule has 2 amide bonds. The number of carbonyl (C=O) groups excluding carboxylic acids is 2. The molecule has 1 aromatic rings. The van der Waals surface area contributed by atoms with Crippen LogP contribution >= 0.6 is 24.0 Å². The van der Waals surface area contributed by atoms with Crippen LogP contribution in [0.1, 0.15) is 30.9 Å². The number of amidine groups is 1. The number of thiocarbonyl (C=S) groups is 1. The largest absolute Gasteiger partial charge is 0.497 e. The summed E-state index contributed by atoms with van der Waals surface area (Å²) in [6, 6.07) is 5.92.